The van der Waals surface area contributed by atoms with Crippen LogP contribution in [0.2, 0.25) is 0 Å². The minimum atomic E-state index is -0.466. The number of morpholine rings is 1. The third-order valence-electron chi connectivity index (χ3n) is 6.06. The molecule has 0 radical (unpaired) electrons. The number of nitrogens with two attached hydrogens (primary N) is 1. The van der Waals surface area contributed by atoms with Gasteiger partial charge in [0.05, 0.1) is 18.9 Å². The van der Waals surface area contributed by atoms with Crippen LogP contribution in [0.25, 0.3) is 11.3 Å². The molecule has 0 bridgehead atoms. The summed E-state index contributed by atoms with van der Waals surface area (Å²) in [5.41, 5.74) is 14.2. The van der Waals surface area contributed by atoms with E-state index in [1.54, 1.807) is 6.21 Å². The molecule has 2 aromatic carbocycles. The van der Waals surface area contributed by atoms with Gasteiger partial charge in [-0.25, -0.2) is 9.98 Å². The molecule has 1 fully saturated rings. The molecule has 2 aromatic rings. The second kappa shape index (κ2) is 13.4. The summed E-state index contributed by atoms with van der Waals surface area (Å²) in [5.74, 6) is 0.933. The number of amidine groups is 1. The van der Waals surface area contributed by atoms with E-state index in [0.29, 0.717) is 18.9 Å². The van der Waals surface area contributed by atoms with E-state index in [0.717, 1.165) is 58.0 Å². The number of hydrogen-bond donors (Lipinski definition) is 2. The standard InChI is InChI=1S/C29H33N5O.C2H6.H2/c1-5-22(19-20(2)3)24-11-12-25-27(21(24)4)32-29(33-28(25)34-15-17-35-18-16-34)31-14-13-26(30)23-9-7-6-8-10-23;1-2;/h5-14,19,29,32H,1-2,15-18,30H2,3-4H3;1-2H3;1H/b22-19+,26-13-,31-14+;;. The van der Waals surface area contributed by atoms with E-state index >= 15 is 0 Å². The SMILES string of the molecule is C=C/C(=C\C(=C)C)c1ccc2c(c1C)NC(/N=C/C=C(\N)c1ccccc1)N=C2N1CCOCC1.CC.[HH]. The van der Waals surface area contributed by atoms with Crippen LogP contribution < -0.4 is 11.1 Å². The van der Waals surface area contributed by atoms with Crippen LogP contribution in [-0.4, -0.2) is 49.5 Å². The molecule has 0 aliphatic carbocycles. The smallest absolute Gasteiger partial charge is 0.216 e. The lowest BCUT2D eigenvalue weighted by Crippen LogP contribution is -2.44. The largest absolute Gasteiger partial charge is 0.398 e. The van der Waals surface area contributed by atoms with Gasteiger partial charge in [0.2, 0.25) is 6.29 Å². The van der Waals surface area contributed by atoms with Gasteiger partial charge in [0.1, 0.15) is 5.84 Å². The van der Waals surface area contributed by atoms with E-state index in [2.05, 4.69) is 47.4 Å². The Hall–Kier alpha value is -3.90. The number of anilines is 1. The van der Waals surface area contributed by atoms with Gasteiger partial charge in [-0.05, 0) is 48.3 Å². The second-order valence-electron chi connectivity index (χ2n) is 8.67. The fourth-order valence-corrected chi connectivity index (χ4v) is 4.29. The number of allylic oxidation sites excluding steroid dienone is 5. The van der Waals surface area contributed by atoms with Crippen LogP contribution in [0.3, 0.4) is 0 Å². The average molecular weight is 500 g/mol. The summed E-state index contributed by atoms with van der Waals surface area (Å²) in [6, 6.07) is 14.1. The maximum absolute atomic E-state index is 6.23. The molecule has 196 valence electrons. The molecule has 2 aliphatic rings. The number of rotatable bonds is 6. The monoisotopic (exact) mass is 499 g/mol. The minimum Gasteiger partial charge on any atom is -0.398 e. The Bertz CT molecular complexity index is 1220. The predicted molar refractivity (Wildman–Crippen MR) is 161 cm³/mol. The Morgan fingerprint density at radius 1 is 1.19 bits per heavy atom. The first-order valence-electron chi connectivity index (χ1n) is 12.8. The quantitative estimate of drug-likeness (QED) is 0.363. The molecule has 6 nitrogen and oxygen atoms in total. The first-order chi connectivity index (χ1) is 18.0. The van der Waals surface area contributed by atoms with Crippen LogP contribution in [0.5, 0.6) is 0 Å². The Kier molecular flexibility index (Phi) is 10.0. The van der Waals surface area contributed by atoms with E-state index in [9.17, 15) is 0 Å². The van der Waals surface area contributed by atoms with Crippen molar-refractivity contribution in [3.05, 3.63) is 102 Å². The van der Waals surface area contributed by atoms with E-state index < -0.39 is 6.29 Å². The fourth-order valence-electron chi connectivity index (χ4n) is 4.29. The van der Waals surface area contributed by atoms with Crippen LogP contribution in [0.1, 0.15) is 44.5 Å². The van der Waals surface area contributed by atoms with Gasteiger partial charge in [0.25, 0.3) is 0 Å². The zero-order chi connectivity index (χ0) is 26.8. The molecular formula is C31H41N5O. The molecule has 0 saturated carbocycles. The number of benzene rings is 2. The second-order valence-corrected chi connectivity index (χ2v) is 8.67. The predicted octanol–water partition coefficient (Wildman–Crippen LogP) is 6.27. The lowest BCUT2D eigenvalue weighted by molar-refractivity contribution is 0.0680. The highest BCUT2D eigenvalue weighted by Crippen LogP contribution is 2.34. The van der Waals surface area contributed by atoms with Gasteiger partial charge in [-0.2, -0.15) is 0 Å². The van der Waals surface area contributed by atoms with E-state index in [1.165, 1.54) is 0 Å². The number of nitrogens with one attached hydrogen (secondary N) is 1. The van der Waals surface area contributed by atoms with Gasteiger partial charge in [0.15, 0.2) is 0 Å². The van der Waals surface area contributed by atoms with Crippen molar-refractivity contribution in [2.45, 2.75) is 34.0 Å². The summed E-state index contributed by atoms with van der Waals surface area (Å²) in [7, 11) is 0. The van der Waals surface area contributed by atoms with E-state index in [4.69, 9.17) is 15.5 Å². The van der Waals surface area contributed by atoms with Gasteiger partial charge < -0.3 is 20.7 Å². The summed E-state index contributed by atoms with van der Waals surface area (Å²) < 4.78 is 5.57. The normalized spacial score (nSPS) is 17.8. The van der Waals surface area contributed by atoms with Crippen LogP contribution in [-0.2, 0) is 4.74 Å². The molecule has 1 saturated heterocycles. The van der Waals surface area contributed by atoms with Crippen LogP contribution in [0, 0.1) is 6.92 Å². The Morgan fingerprint density at radius 3 is 2.54 bits per heavy atom. The summed E-state index contributed by atoms with van der Waals surface area (Å²) in [6.07, 6.45) is 6.99. The van der Waals surface area contributed by atoms with Crippen molar-refractivity contribution in [3.8, 4) is 0 Å². The molecule has 6 heteroatoms. The Balaban J connectivity index is 0.00000165. The summed E-state index contributed by atoms with van der Waals surface area (Å²) in [4.78, 5) is 11.9. The van der Waals surface area contributed by atoms with Gasteiger partial charge in [0, 0.05) is 32.0 Å². The molecule has 37 heavy (non-hydrogen) atoms. The Morgan fingerprint density at radius 2 is 1.89 bits per heavy atom. The average Bonchev–Trinajstić information content (AvgIpc) is 2.94. The van der Waals surface area contributed by atoms with Crippen molar-refractivity contribution >= 4 is 29.0 Å². The molecule has 0 spiro atoms. The summed E-state index contributed by atoms with van der Waals surface area (Å²) in [5, 5.41) is 3.52. The molecular weight excluding hydrogens is 458 g/mol. The lowest BCUT2D eigenvalue weighted by Gasteiger charge is -2.35. The van der Waals surface area contributed by atoms with E-state index in [1.807, 2.05) is 69.3 Å². The maximum Gasteiger partial charge on any atom is 0.216 e. The highest BCUT2D eigenvalue weighted by atomic mass is 16.5. The molecule has 3 N–H and O–H groups in total. The molecule has 1 atom stereocenters. The van der Waals surface area contributed by atoms with Gasteiger partial charge in [-0.15, -0.1) is 0 Å². The zero-order valence-corrected chi connectivity index (χ0v) is 22.5. The molecule has 1 unspecified atom stereocenters. The van der Waals surface area contributed by atoms with Crippen LogP contribution in [0.15, 0.2) is 89.4 Å². The number of ether oxygens (including phenoxy) is 1. The number of nitrogens with zero attached hydrogens (tertiary/aromatic N) is 3. The third-order valence-corrected chi connectivity index (χ3v) is 6.06. The van der Waals surface area contributed by atoms with Crippen LogP contribution >= 0.6 is 0 Å². The first kappa shape index (κ1) is 27.7. The molecule has 2 aliphatic heterocycles. The van der Waals surface area contributed by atoms with Crippen molar-refractivity contribution in [3.63, 3.8) is 0 Å². The van der Waals surface area contributed by atoms with Crippen molar-refractivity contribution in [1.29, 1.82) is 0 Å². The van der Waals surface area contributed by atoms with Crippen molar-refractivity contribution < 1.29 is 6.16 Å². The third kappa shape index (κ3) is 6.86. The fraction of sp³-hybridized carbons (Fsp3) is 0.290. The molecule has 0 amide bonds. The summed E-state index contributed by atoms with van der Waals surface area (Å²) >= 11 is 0. The van der Waals surface area contributed by atoms with Crippen molar-refractivity contribution in [2.24, 2.45) is 15.7 Å². The zero-order valence-electron chi connectivity index (χ0n) is 22.5. The maximum atomic E-state index is 6.23. The van der Waals surface area contributed by atoms with Crippen LogP contribution in [0.4, 0.5) is 5.69 Å². The molecule has 2 heterocycles. The topological polar surface area (TPSA) is 75.2 Å². The lowest BCUT2D eigenvalue weighted by atomic mass is 9.93. The molecule has 0 aromatic heterocycles. The number of hydrogen-bond acceptors (Lipinski definition) is 6. The highest BCUT2D eigenvalue weighted by molar-refractivity contribution is 6.06. The van der Waals surface area contributed by atoms with Crippen molar-refractivity contribution in [2.75, 3.05) is 31.6 Å². The van der Waals surface area contributed by atoms with Gasteiger partial charge >= 0.3 is 0 Å². The number of fused-ring (bicyclic) bond motifs is 1. The highest BCUT2D eigenvalue weighted by Gasteiger charge is 2.27. The van der Waals surface area contributed by atoms with E-state index in [-0.39, 0.29) is 1.43 Å². The minimum absolute atomic E-state index is 0. The molecule has 4 rings (SSSR count). The summed E-state index contributed by atoms with van der Waals surface area (Å²) in [6.45, 7) is 19.1. The van der Waals surface area contributed by atoms with Crippen molar-refractivity contribution in [1.82, 2.24) is 4.90 Å². The Labute approximate surface area is 223 Å². The van der Waals surface area contributed by atoms with Gasteiger partial charge in [-0.3, -0.25) is 0 Å². The number of aliphatic imine (C=N–C) groups is 2. The first-order valence-corrected chi connectivity index (χ1v) is 12.8. The van der Waals surface area contributed by atoms with Gasteiger partial charge in [-0.1, -0.05) is 81.1 Å².